The van der Waals surface area contributed by atoms with Crippen LogP contribution < -0.4 is 16.0 Å². The summed E-state index contributed by atoms with van der Waals surface area (Å²) in [6.07, 6.45) is -1.22. The van der Waals surface area contributed by atoms with Crippen LogP contribution in [-0.4, -0.2) is 53.7 Å². The normalized spacial score (nSPS) is 14.2. The van der Waals surface area contributed by atoms with E-state index in [9.17, 15) is 19.2 Å². The zero-order chi connectivity index (χ0) is 32.9. The first-order valence-electron chi connectivity index (χ1n) is 15.1. The number of benzene rings is 2. The fourth-order valence-electron chi connectivity index (χ4n) is 4.28. The molecule has 3 amide bonds. The first-order valence-corrected chi connectivity index (χ1v) is 15.1. The molecule has 0 aliphatic carbocycles. The molecule has 0 bridgehead atoms. The molecule has 0 radical (unpaired) electrons. The van der Waals surface area contributed by atoms with Gasteiger partial charge in [0, 0.05) is 0 Å². The van der Waals surface area contributed by atoms with E-state index in [0.717, 1.165) is 11.1 Å². The molecule has 3 N–H and O–H groups in total. The number of carbonyl (C=O) groups is 4. The van der Waals surface area contributed by atoms with Gasteiger partial charge in [-0.1, -0.05) is 88.4 Å². The minimum absolute atomic E-state index is 0.0768. The molecule has 44 heavy (non-hydrogen) atoms. The van der Waals surface area contributed by atoms with Crippen molar-refractivity contribution in [2.75, 3.05) is 0 Å². The van der Waals surface area contributed by atoms with Crippen LogP contribution >= 0.6 is 0 Å². The van der Waals surface area contributed by atoms with Gasteiger partial charge < -0.3 is 30.2 Å². The second-order valence-electron chi connectivity index (χ2n) is 12.6. The summed E-state index contributed by atoms with van der Waals surface area (Å²) in [4.78, 5) is 52.9. The standard InChI is InChI=1S/C34H49N3O7/c1-22(2)19-27(32(40)43-21-26-17-13-10-14-18-26)35-30(38)28(23(3)4)36-31(39)29(37-33(41)44-34(6,7)8)24(5)42-20-25-15-11-9-12-16-25/h9-18,22-24,27-29H,19-21H2,1-8H3,(H,35,38)(H,36,39)(H,37,41)/t24-,27+,28+,29+/m1/s1. The summed E-state index contributed by atoms with van der Waals surface area (Å²) in [6.45, 7) is 14.5. The maximum absolute atomic E-state index is 13.6. The molecule has 2 rings (SSSR count). The topological polar surface area (TPSA) is 132 Å². The van der Waals surface area contributed by atoms with E-state index < -0.39 is 53.7 Å². The van der Waals surface area contributed by atoms with E-state index in [0.29, 0.717) is 6.42 Å². The van der Waals surface area contributed by atoms with E-state index >= 15 is 0 Å². The lowest BCUT2D eigenvalue weighted by atomic mass is 9.99. The first-order chi connectivity index (χ1) is 20.7. The summed E-state index contributed by atoms with van der Waals surface area (Å²) in [5, 5.41) is 8.16. The zero-order valence-electron chi connectivity index (χ0n) is 27.2. The first kappa shape index (κ1) is 36.3. The smallest absolute Gasteiger partial charge is 0.408 e. The SMILES string of the molecule is CC(C)C[C@H](NC(=O)[C@@H](NC(=O)[C@@H](NC(=O)OC(C)(C)C)[C@@H](C)OCc1ccccc1)C(C)C)C(=O)OCc1ccccc1. The summed E-state index contributed by atoms with van der Waals surface area (Å²) in [6, 6.07) is 15.6. The summed E-state index contributed by atoms with van der Waals surface area (Å²) in [5.74, 6) is -1.98. The zero-order valence-corrected chi connectivity index (χ0v) is 27.2. The molecule has 0 heterocycles. The van der Waals surface area contributed by atoms with Crippen molar-refractivity contribution in [3.05, 3.63) is 71.8 Å². The van der Waals surface area contributed by atoms with Crippen LogP contribution in [0, 0.1) is 11.8 Å². The van der Waals surface area contributed by atoms with Crippen molar-refractivity contribution in [2.24, 2.45) is 11.8 Å². The van der Waals surface area contributed by atoms with Gasteiger partial charge in [0.1, 0.15) is 30.3 Å². The Kier molecular flexibility index (Phi) is 14.3. The maximum atomic E-state index is 13.6. The number of esters is 1. The van der Waals surface area contributed by atoms with Gasteiger partial charge in [0.05, 0.1) is 12.7 Å². The van der Waals surface area contributed by atoms with Crippen LogP contribution in [0.15, 0.2) is 60.7 Å². The van der Waals surface area contributed by atoms with Crippen LogP contribution in [0.1, 0.15) is 72.9 Å². The summed E-state index contributed by atoms with van der Waals surface area (Å²) in [7, 11) is 0. The van der Waals surface area contributed by atoms with Gasteiger partial charge in [-0.2, -0.15) is 0 Å². The number of carbonyl (C=O) groups excluding carboxylic acids is 4. The summed E-state index contributed by atoms with van der Waals surface area (Å²) < 4.78 is 16.9. The van der Waals surface area contributed by atoms with Crippen LogP contribution in [0.3, 0.4) is 0 Å². The highest BCUT2D eigenvalue weighted by Gasteiger charge is 2.35. The minimum atomic E-state index is -1.18. The van der Waals surface area contributed by atoms with E-state index in [1.54, 1.807) is 41.5 Å². The molecule has 0 saturated heterocycles. The predicted octanol–water partition coefficient (Wildman–Crippen LogP) is 4.90. The van der Waals surface area contributed by atoms with E-state index in [-0.39, 0.29) is 25.0 Å². The Bertz CT molecular complexity index is 1200. The molecular weight excluding hydrogens is 562 g/mol. The molecule has 2 aromatic rings. The quantitative estimate of drug-likeness (QED) is 0.244. The molecule has 10 nitrogen and oxygen atoms in total. The Labute approximate surface area is 261 Å². The van der Waals surface area contributed by atoms with Crippen molar-refractivity contribution in [2.45, 2.75) is 105 Å². The molecule has 0 unspecified atom stereocenters. The molecule has 0 aliphatic rings. The third-order valence-corrected chi connectivity index (χ3v) is 6.56. The highest BCUT2D eigenvalue weighted by Crippen LogP contribution is 2.13. The van der Waals surface area contributed by atoms with Gasteiger partial charge in [0.25, 0.3) is 0 Å². The van der Waals surface area contributed by atoms with Gasteiger partial charge in [0.2, 0.25) is 11.8 Å². The average molecular weight is 612 g/mol. The monoisotopic (exact) mass is 611 g/mol. The Morgan fingerprint density at radius 2 is 1.23 bits per heavy atom. The van der Waals surface area contributed by atoms with Crippen molar-refractivity contribution >= 4 is 23.9 Å². The van der Waals surface area contributed by atoms with Gasteiger partial charge in [-0.05, 0) is 57.1 Å². The number of alkyl carbamates (subject to hydrolysis) is 1. The number of nitrogens with one attached hydrogen (secondary N) is 3. The van der Waals surface area contributed by atoms with Crippen molar-refractivity contribution in [3.8, 4) is 0 Å². The van der Waals surface area contributed by atoms with E-state index in [2.05, 4.69) is 16.0 Å². The third kappa shape index (κ3) is 13.2. The number of hydrogen-bond acceptors (Lipinski definition) is 7. The van der Waals surface area contributed by atoms with Crippen molar-refractivity contribution < 1.29 is 33.4 Å². The predicted molar refractivity (Wildman–Crippen MR) is 168 cm³/mol. The molecule has 0 aliphatic heterocycles. The van der Waals surface area contributed by atoms with Gasteiger partial charge >= 0.3 is 12.1 Å². The van der Waals surface area contributed by atoms with Crippen LogP contribution in [0.5, 0.6) is 0 Å². The molecule has 0 saturated carbocycles. The van der Waals surface area contributed by atoms with Crippen molar-refractivity contribution in [3.63, 3.8) is 0 Å². The third-order valence-electron chi connectivity index (χ3n) is 6.56. The minimum Gasteiger partial charge on any atom is -0.459 e. The fraction of sp³-hybridized carbons (Fsp3) is 0.529. The van der Waals surface area contributed by atoms with Crippen LogP contribution in [0.2, 0.25) is 0 Å². The number of ether oxygens (including phenoxy) is 3. The molecule has 0 aromatic heterocycles. The maximum Gasteiger partial charge on any atom is 0.408 e. The van der Waals surface area contributed by atoms with Crippen LogP contribution in [0.25, 0.3) is 0 Å². The number of hydrogen-bond donors (Lipinski definition) is 3. The lowest BCUT2D eigenvalue weighted by Crippen LogP contribution is -2.60. The Morgan fingerprint density at radius 1 is 0.705 bits per heavy atom. The molecule has 242 valence electrons. The lowest BCUT2D eigenvalue weighted by molar-refractivity contribution is -0.150. The van der Waals surface area contributed by atoms with E-state index in [1.807, 2.05) is 74.5 Å². The highest BCUT2D eigenvalue weighted by atomic mass is 16.6. The molecule has 10 heteroatoms. The van der Waals surface area contributed by atoms with Crippen molar-refractivity contribution in [1.29, 1.82) is 0 Å². The van der Waals surface area contributed by atoms with Crippen molar-refractivity contribution in [1.82, 2.24) is 16.0 Å². The van der Waals surface area contributed by atoms with Gasteiger partial charge in [-0.15, -0.1) is 0 Å². The second-order valence-corrected chi connectivity index (χ2v) is 12.6. The molecule has 4 atom stereocenters. The second kappa shape index (κ2) is 17.4. The Hall–Kier alpha value is -3.92. The van der Waals surface area contributed by atoms with E-state index in [4.69, 9.17) is 14.2 Å². The Morgan fingerprint density at radius 3 is 1.73 bits per heavy atom. The number of rotatable bonds is 15. The summed E-state index contributed by atoms with van der Waals surface area (Å²) in [5.41, 5.74) is 0.931. The van der Waals surface area contributed by atoms with E-state index in [1.165, 1.54) is 0 Å². The molecular formula is C34H49N3O7. The van der Waals surface area contributed by atoms with Gasteiger partial charge in [-0.25, -0.2) is 9.59 Å². The molecule has 0 fully saturated rings. The number of amides is 3. The average Bonchev–Trinajstić information content (AvgIpc) is 2.95. The van der Waals surface area contributed by atoms with Crippen LogP contribution in [0.4, 0.5) is 4.79 Å². The lowest BCUT2D eigenvalue weighted by Gasteiger charge is -2.30. The molecule has 0 spiro atoms. The van der Waals surface area contributed by atoms with Gasteiger partial charge in [-0.3, -0.25) is 9.59 Å². The Balaban J connectivity index is 2.18. The highest BCUT2D eigenvalue weighted by molar-refractivity contribution is 5.93. The van der Waals surface area contributed by atoms with Crippen LogP contribution in [-0.2, 0) is 41.8 Å². The molecule has 2 aromatic carbocycles. The summed E-state index contributed by atoms with van der Waals surface area (Å²) >= 11 is 0. The van der Waals surface area contributed by atoms with Gasteiger partial charge in [0.15, 0.2) is 0 Å². The largest absolute Gasteiger partial charge is 0.459 e. The fourth-order valence-corrected chi connectivity index (χ4v) is 4.28.